The molecule has 0 spiro atoms. The predicted molar refractivity (Wildman–Crippen MR) is 50.2 cm³/mol. The van der Waals surface area contributed by atoms with Crippen LogP contribution in [0.15, 0.2) is 22.8 Å². The lowest BCUT2D eigenvalue weighted by Crippen LogP contribution is -1.88. The first kappa shape index (κ1) is 9.03. The molecule has 0 bridgehead atoms. The largest absolute Gasteiger partial charge is 0.309 e. The second-order valence-electron chi connectivity index (χ2n) is 1.90. The van der Waals surface area contributed by atoms with Crippen LogP contribution in [0.4, 0.5) is 0 Å². The van der Waals surface area contributed by atoms with E-state index in [9.17, 15) is 0 Å². The molecule has 4 heteroatoms. The van der Waals surface area contributed by atoms with Gasteiger partial charge in [0.15, 0.2) is 0 Å². The van der Waals surface area contributed by atoms with E-state index in [1.807, 2.05) is 18.4 Å². The fourth-order valence-corrected chi connectivity index (χ4v) is 1.08. The Labute approximate surface area is 78.7 Å². The summed E-state index contributed by atoms with van der Waals surface area (Å²) in [5.41, 5.74) is 0.947. The first-order valence-electron chi connectivity index (χ1n) is 3.09. The van der Waals surface area contributed by atoms with Crippen molar-refractivity contribution in [2.24, 2.45) is 0 Å². The van der Waals surface area contributed by atoms with Crippen LogP contribution in [-0.4, -0.2) is 11.2 Å². The number of pyridine rings is 1. The average Bonchev–Trinajstić information content (AvgIpc) is 2.04. The zero-order valence-corrected chi connectivity index (χ0v) is 8.48. The molecule has 2 nitrogen and oxygen atoms in total. The molecule has 0 fully saturated rings. The maximum atomic E-state index is 5.10. The van der Waals surface area contributed by atoms with Crippen LogP contribution in [0.1, 0.15) is 5.69 Å². The standard InChI is InChI=1S/C7H8BrNOS/c1-11-10-5-7-3-2-6(8)4-9-7/h2-4H,5H2,1H3. The van der Waals surface area contributed by atoms with E-state index in [0.717, 1.165) is 10.2 Å². The summed E-state index contributed by atoms with van der Waals surface area (Å²) in [6, 6.07) is 3.88. The van der Waals surface area contributed by atoms with Crippen LogP contribution in [0.3, 0.4) is 0 Å². The molecular weight excluding hydrogens is 226 g/mol. The van der Waals surface area contributed by atoms with Crippen LogP contribution < -0.4 is 0 Å². The van der Waals surface area contributed by atoms with Gasteiger partial charge in [0.2, 0.25) is 0 Å². The average molecular weight is 234 g/mol. The molecule has 0 unspecified atom stereocenters. The summed E-state index contributed by atoms with van der Waals surface area (Å²) in [5, 5.41) is 0. The number of aromatic nitrogens is 1. The highest BCUT2D eigenvalue weighted by molar-refractivity contribution is 9.10. The van der Waals surface area contributed by atoms with E-state index >= 15 is 0 Å². The monoisotopic (exact) mass is 233 g/mol. The second kappa shape index (κ2) is 4.74. The summed E-state index contributed by atoms with van der Waals surface area (Å²) in [7, 11) is 0. The first-order chi connectivity index (χ1) is 5.33. The first-order valence-corrected chi connectivity index (χ1v) is 5.03. The van der Waals surface area contributed by atoms with Crippen molar-refractivity contribution in [3.8, 4) is 0 Å². The zero-order chi connectivity index (χ0) is 8.10. The summed E-state index contributed by atoms with van der Waals surface area (Å²) in [6.07, 6.45) is 3.65. The molecule has 0 aliphatic rings. The van der Waals surface area contributed by atoms with Crippen LogP contribution in [0, 0.1) is 0 Å². The van der Waals surface area contributed by atoms with Gasteiger partial charge in [0, 0.05) is 16.9 Å². The van der Waals surface area contributed by atoms with Crippen molar-refractivity contribution < 1.29 is 4.18 Å². The van der Waals surface area contributed by atoms with Gasteiger partial charge in [-0.15, -0.1) is 0 Å². The summed E-state index contributed by atoms with van der Waals surface area (Å²) in [4.78, 5) is 4.13. The maximum Gasteiger partial charge on any atom is 0.103 e. The molecule has 0 radical (unpaired) electrons. The molecule has 0 saturated carbocycles. The number of rotatable bonds is 3. The second-order valence-corrected chi connectivity index (χ2v) is 3.38. The van der Waals surface area contributed by atoms with E-state index in [2.05, 4.69) is 20.9 Å². The predicted octanol–water partition coefficient (Wildman–Crippen LogP) is 2.64. The minimum absolute atomic E-state index is 0.564. The van der Waals surface area contributed by atoms with E-state index in [1.165, 1.54) is 12.0 Å². The zero-order valence-electron chi connectivity index (χ0n) is 6.08. The van der Waals surface area contributed by atoms with Gasteiger partial charge in [0.1, 0.15) is 6.61 Å². The molecule has 0 aromatic carbocycles. The molecule has 0 N–H and O–H groups in total. The lowest BCUT2D eigenvalue weighted by molar-refractivity contribution is 0.359. The van der Waals surface area contributed by atoms with Gasteiger partial charge in [-0.3, -0.25) is 4.98 Å². The van der Waals surface area contributed by atoms with Crippen LogP contribution in [0.25, 0.3) is 0 Å². The number of halogens is 1. The van der Waals surface area contributed by atoms with E-state index in [4.69, 9.17) is 4.18 Å². The van der Waals surface area contributed by atoms with Gasteiger partial charge in [0.25, 0.3) is 0 Å². The lowest BCUT2D eigenvalue weighted by atomic mass is 10.4. The van der Waals surface area contributed by atoms with Crippen LogP contribution in [0.5, 0.6) is 0 Å². The van der Waals surface area contributed by atoms with E-state index in [1.54, 1.807) is 6.20 Å². The molecule has 1 rings (SSSR count). The Kier molecular flexibility index (Phi) is 3.90. The molecule has 0 aliphatic carbocycles. The Balaban J connectivity index is 2.52. The van der Waals surface area contributed by atoms with Gasteiger partial charge in [-0.25, -0.2) is 0 Å². The van der Waals surface area contributed by atoms with Gasteiger partial charge in [-0.2, -0.15) is 0 Å². The third kappa shape index (κ3) is 3.22. The summed E-state index contributed by atoms with van der Waals surface area (Å²) in [6.45, 7) is 0.564. The Morgan fingerprint density at radius 2 is 2.45 bits per heavy atom. The van der Waals surface area contributed by atoms with Crippen molar-refractivity contribution in [1.29, 1.82) is 0 Å². The van der Waals surface area contributed by atoms with Gasteiger partial charge in [-0.05, 0) is 40.1 Å². The van der Waals surface area contributed by atoms with E-state index in [0.29, 0.717) is 6.61 Å². The molecule has 11 heavy (non-hydrogen) atoms. The molecule has 1 aromatic rings. The summed E-state index contributed by atoms with van der Waals surface area (Å²) < 4.78 is 6.09. The Morgan fingerprint density at radius 3 is 3.00 bits per heavy atom. The van der Waals surface area contributed by atoms with Gasteiger partial charge >= 0.3 is 0 Å². The minimum Gasteiger partial charge on any atom is -0.309 e. The van der Waals surface area contributed by atoms with Gasteiger partial charge in [-0.1, -0.05) is 0 Å². The highest BCUT2D eigenvalue weighted by Crippen LogP contribution is 2.09. The van der Waals surface area contributed by atoms with Crippen molar-refractivity contribution >= 4 is 28.0 Å². The van der Waals surface area contributed by atoms with E-state index < -0.39 is 0 Å². The summed E-state index contributed by atoms with van der Waals surface area (Å²) in [5.74, 6) is 0. The lowest BCUT2D eigenvalue weighted by Gasteiger charge is -1.98. The van der Waals surface area contributed by atoms with Gasteiger partial charge < -0.3 is 4.18 Å². The molecule has 0 saturated heterocycles. The molecule has 1 heterocycles. The van der Waals surface area contributed by atoms with Crippen molar-refractivity contribution in [3.63, 3.8) is 0 Å². The maximum absolute atomic E-state index is 5.10. The molecular formula is C7H8BrNOS. The van der Waals surface area contributed by atoms with Crippen LogP contribution >= 0.6 is 28.0 Å². The molecule has 0 aliphatic heterocycles. The SMILES string of the molecule is CSOCc1ccc(Br)cn1. The van der Waals surface area contributed by atoms with Crippen molar-refractivity contribution in [3.05, 3.63) is 28.5 Å². The van der Waals surface area contributed by atoms with Crippen molar-refractivity contribution in [2.45, 2.75) is 6.61 Å². The highest BCUT2D eigenvalue weighted by atomic mass is 79.9. The number of hydrogen-bond donors (Lipinski definition) is 0. The van der Waals surface area contributed by atoms with Crippen molar-refractivity contribution in [2.75, 3.05) is 6.26 Å². The normalized spacial score (nSPS) is 10.0. The number of nitrogens with zero attached hydrogens (tertiary/aromatic N) is 1. The molecule has 1 aromatic heterocycles. The topological polar surface area (TPSA) is 22.1 Å². The smallest absolute Gasteiger partial charge is 0.103 e. The van der Waals surface area contributed by atoms with Crippen molar-refractivity contribution in [1.82, 2.24) is 4.98 Å². The quantitative estimate of drug-likeness (QED) is 0.750. The molecule has 0 atom stereocenters. The third-order valence-electron chi connectivity index (χ3n) is 1.11. The summed E-state index contributed by atoms with van der Waals surface area (Å²) >= 11 is 4.65. The molecule has 0 amide bonds. The Bertz CT molecular complexity index is 214. The molecule has 60 valence electrons. The highest BCUT2D eigenvalue weighted by Gasteiger charge is 1.92. The van der Waals surface area contributed by atoms with E-state index in [-0.39, 0.29) is 0 Å². The Morgan fingerprint density at radius 1 is 1.64 bits per heavy atom. The Hall–Kier alpha value is -0.0600. The fraction of sp³-hybridized carbons (Fsp3) is 0.286. The minimum atomic E-state index is 0.564. The third-order valence-corrected chi connectivity index (χ3v) is 1.94. The van der Waals surface area contributed by atoms with Crippen LogP contribution in [0.2, 0.25) is 0 Å². The van der Waals surface area contributed by atoms with Crippen LogP contribution in [-0.2, 0) is 10.8 Å². The van der Waals surface area contributed by atoms with Gasteiger partial charge in [0.05, 0.1) is 5.69 Å². The fourth-order valence-electron chi connectivity index (χ4n) is 0.611. The number of hydrogen-bond acceptors (Lipinski definition) is 3.